The van der Waals surface area contributed by atoms with Crippen LogP contribution < -0.4 is 14.4 Å². The molecule has 1 atom stereocenters. The van der Waals surface area contributed by atoms with Crippen LogP contribution in [-0.4, -0.2) is 51.4 Å². The summed E-state index contributed by atoms with van der Waals surface area (Å²) in [5.41, 5.74) is 2.12. The highest BCUT2D eigenvalue weighted by Gasteiger charge is 2.33. The molecule has 0 aliphatic heterocycles. The van der Waals surface area contributed by atoms with E-state index in [0.29, 0.717) is 23.7 Å². The zero-order chi connectivity index (χ0) is 29.3. The van der Waals surface area contributed by atoms with Crippen molar-refractivity contribution in [2.75, 3.05) is 24.5 Å². The van der Waals surface area contributed by atoms with Gasteiger partial charge < -0.3 is 15.0 Å². The molecule has 0 aliphatic rings. The number of hydrogen-bond acceptors (Lipinski definition) is 5. The van der Waals surface area contributed by atoms with E-state index in [0.717, 1.165) is 21.9 Å². The second-order valence-electron chi connectivity index (χ2n) is 9.39. The standard InChI is InChI=1S/C30H36ClN3O5S/c1-5-18-32-30(36)28(6-2)33(20-23-9-7-8-22(3)19-23)29(35)21-34(25-12-10-24(31)11-13-25)40(37,38)27-16-14-26(39-4)15-17-27/h7-17,19,28H,5-6,18,20-21H2,1-4H3,(H,32,36). The second-order valence-corrected chi connectivity index (χ2v) is 11.7. The van der Waals surface area contributed by atoms with Crippen molar-refractivity contribution in [3.8, 4) is 5.75 Å². The number of rotatable bonds is 13. The van der Waals surface area contributed by atoms with E-state index < -0.39 is 28.5 Å². The van der Waals surface area contributed by atoms with Crippen LogP contribution in [0, 0.1) is 6.92 Å². The van der Waals surface area contributed by atoms with Gasteiger partial charge >= 0.3 is 0 Å². The summed E-state index contributed by atoms with van der Waals surface area (Å²) in [5, 5.41) is 3.31. The Morgan fingerprint density at radius 1 is 1.00 bits per heavy atom. The zero-order valence-corrected chi connectivity index (χ0v) is 24.8. The third-order valence-corrected chi connectivity index (χ3v) is 8.45. The summed E-state index contributed by atoms with van der Waals surface area (Å²) in [5.74, 6) is -0.283. The number of sulfonamides is 1. The first-order valence-corrected chi connectivity index (χ1v) is 15.0. The van der Waals surface area contributed by atoms with Crippen molar-refractivity contribution in [1.82, 2.24) is 10.2 Å². The molecule has 0 radical (unpaired) electrons. The van der Waals surface area contributed by atoms with Crippen molar-refractivity contribution in [2.24, 2.45) is 0 Å². The van der Waals surface area contributed by atoms with Gasteiger partial charge in [0.15, 0.2) is 0 Å². The van der Waals surface area contributed by atoms with Gasteiger partial charge in [-0.25, -0.2) is 8.42 Å². The van der Waals surface area contributed by atoms with Crippen LogP contribution in [0.25, 0.3) is 0 Å². The minimum absolute atomic E-state index is 0.00554. The molecule has 214 valence electrons. The first-order chi connectivity index (χ1) is 19.1. The van der Waals surface area contributed by atoms with Gasteiger partial charge in [-0.2, -0.15) is 0 Å². The molecule has 8 nitrogen and oxygen atoms in total. The van der Waals surface area contributed by atoms with Gasteiger partial charge in [0.1, 0.15) is 18.3 Å². The summed E-state index contributed by atoms with van der Waals surface area (Å²) >= 11 is 6.08. The van der Waals surface area contributed by atoms with Crippen LogP contribution in [0.2, 0.25) is 5.02 Å². The summed E-state index contributed by atoms with van der Waals surface area (Å²) < 4.78 is 34.0. The largest absolute Gasteiger partial charge is 0.497 e. The molecule has 0 saturated heterocycles. The number of nitrogens with zero attached hydrogens (tertiary/aromatic N) is 2. The maximum absolute atomic E-state index is 14.0. The fourth-order valence-electron chi connectivity index (χ4n) is 4.30. The molecule has 3 aromatic carbocycles. The summed E-state index contributed by atoms with van der Waals surface area (Å²) in [6.07, 6.45) is 1.11. The number of carbonyl (C=O) groups is 2. The molecule has 0 aliphatic carbocycles. The molecular formula is C30H36ClN3O5S. The summed E-state index contributed by atoms with van der Waals surface area (Å²) in [6, 6.07) is 19.1. The van der Waals surface area contributed by atoms with Gasteiger partial charge in [0, 0.05) is 18.1 Å². The average Bonchev–Trinajstić information content (AvgIpc) is 2.95. The molecular weight excluding hydrogens is 550 g/mol. The van der Waals surface area contributed by atoms with Gasteiger partial charge in [-0.05, 0) is 73.9 Å². The average molecular weight is 586 g/mol. The van der Waals surface area contributed by atoms with E-state index in [1.54, 1.807) is 36.4 Å². The Balaban J connectivity index is 2.04. The number of nitrogens with one attached hydrogen (secondary N) is 1. The predicted molar refractivity (Wildman–Crippen MR) is 158 cm³/mol. The monoisotopic (exact) mass is 585 g/mol. The van der Waals surface area contributed by atoms with Crippen molar-refractivity contribution in [3.05, 3.63) is 88.9 Å². The van der Waals surface area contributed by atoms with E-state index in [9.17, 15) is 18.0 Å². The predicted octanol–water partition coefficient (Wildman–Crippen LogP) is 5.19. The van der Waals surface area contributed by atoms with Crippen LogP contribution in [0.15, 0.2) is 77.7 Å². The molecule has 3 aromatic rings. The number of halogens is 1. The van der Waals surface area contributed by atoms with E-state index in [1.807, 2.05) is 45.0 Å². The Labute approximate surface area is 241 Å². The molecule has 3 rings (SSSR count). The maximum atomic E-state index is 14.0. The molecule has 40 heavy (non-hydrogen) atoms. The Morgan fingerprint density at radius 3 is 2.25 bits per heavy atom. The fourth-order valence-corrected chi connectivity index (χ4v) is 5.84. The molecule has 0 aromatic heterocycles. The number of aryl methyl sites for hydroxylation is 1. The molecule has 1 unspecified atom stereocenters. The van der Waals surface area contributed by atoms with Crippen LogP contribution in [0.1, 0.15) is 37.8 Å². The van der Waals surface area contributed by atoms with Gasteiger partial charge in [0.05, 0.1) is 17.7 Å². The van der Waals surface area contributed by atoms with Crippen LogP contribution in [-0.2, 0) is 26.2 Å². The van der Waals surface area contributed by atoms with E-state index in [2.05, 4.69) is 5.32 Å². The lowest BCUT2D eigenvalue weighted by molar-refractivity contribution is -0.140. The maximum Gasteiger partial charge on any atom is 0.264 e. The zero-order valence-electron chi connectivity index (χ0n) is 23.3. The van der Waals surface area contributed by atoms with Crippen molar-refractivity contribution in [3.63, 3.8) is 0 Å². The second kappa shape index (κ2) is 14.2. The number of ether oxygens (including phenoxy) is 1. The number of carbonyl (C=O) groups excluding carboxylic acids is 2. The SMILES string of the molecule is CCCNC(=O)C(CC)N(Cc1cccc(C)c1)C(=O)CN(c1ccc(Cl)cc1)S(=O)(=O)c1ccc(OC)cc1. The highest BCUT2D eigenvalue weighted by molar-refractivity contribution is 7.92. The molecule has 0 bridgehead atoms. The van der Waals surface area contributed by atoms with Crippen molar-refractivity contribution >= 4 is 39.1 Å². The third-order valence-electron chi connectivity index (χ3n) is 6.41. The molecule has 0 spiro atoms. The molecule has 0 saturated carbocycles. The van der Waals surface area contributed by atoms with Crippen LogP contribution >= 0.6 is 11.6 Å². The summed E-state index contributed by atoms with van der Waals surface area (Å²) in [7, 11) is -2.69. The molecule has 2 amide bonds. The lowest BCUT2D eigenvalue weighted by atomic mass is 10.1. The van der Waals surface area contributed by atoms with Gasteiger partial charge in [-0.15, -0.1) is 0 Å². The van der Waals surface area contributed by atoms with Crippen molar-refractivity contribution < 1.29 is 22.7 Å². The Bertz CT molecular complexity index is 1400. The molecule has 0 fully saturated rings. The van der Waals surface area contributed by atoms with E-state index in [-0.39, 0.29) is 23.0 Å². The number of hydrogen-bond donors (Lipinski definition) is 1. The smallest absolute Gasteiger partial charge is 0.264 e. The van der Waals surface area contributed by atoms with Gasteiger partial charge in [0.25, 0.3) is 10.0 Å². The quantitative estimate of drug-likeness (QED) is 0.298. The first kappa shape index (κ1) is 31.0. The highest BCUT2D eigenvalue weighted by Crippen LogP contribution is 2.27. The minimum Gasteiger partial charge on any atom is -0.497 e. The molecule has 1 N–H and O–H groups in total. The minimum atomic E-state index is -4.18. The highest BCUT2D eigenvalue weighted by atomic mass is 35.5. The first-order valence-electron chi connectivity index (χ1n) is 13.2. The Hall–Kier alpha value is -3.56. The van der Waals surface area contributed by atoms with Crippen LogP contribution in [0.4, 0.5) is 5.69 Å². The Kier molecular flexibility index (Phi) is 11.0. The lowest BCUT2D eigenvalue weighted by Gasteiger charge is -2.33. The van der Waals surface area contributed by atoms with Crippen molar-refractivity contribution in [1.29, 1.82) is 0 Å². The van der Waals surface area contributed by atoms with Crippen LogP contribution in [0.5, 0.6) is 5.75 Å². The van der Waals surface area contributed by atoms with E-state index >= 15 is 0 Å². The summed E-state index contributed by atoms with van der Waals surface area (Å²) in [4.78, 5) is 28.6. The Morgan fingerprint density at radius 2 is 1.68 bits per heavy atom. The topological polar surface area (TPSA) is 96.0 Å². The van der Waals surface area contributed by atoms with Gasteiger partial charge in [-0.1, -0.05) is 55.3 Å². The normalized spacial score (nSPS) is 11.9. The van der Waals surface area contributed by atoms with Gasteiger partial charge in [0.2, 0.25) is 11.8 Å². The van der Waals surface area contributed by atoms with Gasteiger partial charge in [-0.3, -0.25) is 13.9 Å². The number of anilines is 1. The number of benzene rings is 3. The third kappa shape index (κ3) is 7.76. The van der Waals surface area contributed by atoms with E-state index in [4.69, 9.17) is 16.3 Å². The summed E-state index contributed by atoms with van der Waals surface area (Å²) in [6.45, 7) is 5.84. The van der Waals surface area contributed by atoms with E-state index in [1.165, 1.54) is 24.1 Å². The van der Waals surface area contributed by atoms with Crippen LogP contribution in [0.3, 0.4) is 0 Å². The molecule has 10 heteroatoms. The lowest BCUT2D eigenvalue weighted by Crippen LogP contribution is -2.52. The fraction of sp³-hybridized carbons (Fsp3) is 0.333. The molecule has 0 heterocycles. The number of amides is 2. The number of methoxy groups -OCH3 is 1. The van der Waals surface area contributed by atoms with Crippen molar-refractivity contribution in [2.45, 2.75) is 51.1 Å².